The van der Waals surface area contributed by atoms with Crippen LogP contribution in [0.5, 0.6) is 0 Å². The molecule has 0 aliphatic carbocycles. The number of carboxylic acid groups (broad SMARTS) is 1. The number of carboxylic acids is 1. The number of carbonyl (C=O) groups is 5. The molecule has 12 N–H and O–H groups in total. The summed E-state index contributed by atoms with van der Waals surface area (Å²) >= 11 is 0. The molecule has 0 spiro atoms. The molecule has 1 rings (SSSR count). The Balaban J connectivity index is 2.85. The van der Waals surface area contributed by atoms with Crippen LogP contribution in [0.1, 0.15) is 58.8 Å². The molecule has 0 aromatic heterocycles. The van der Waals surface area contributed by atoms with Gasteiger partial charge in [0.1, 0.15) is 24.2 Å². The first kappa shape index (κ1) is 32.6. The molecule has 0 radical (unpaired) electrons. The van der Waals surface area contributed by atoms with Gasteiger partial charge in [-0.05, 0) is 65.3 Å². The van der Waals surface area contributed by atoms with Crippen molar-refractivity contribution in [1.82, 2.24) is 20.9 Å². The van der Waals surface area contributed by atoms with Gasteiger partial charge in [-0.1, -0.05) is 0 Å². The van der Waals surface area contributed by atoms with Crippen LogP contribution in [0.25, 0.3) is 0 Å². The van der Waals surface area contributed by atoms with Crippen molar-refractivity contribution < 1.29 is 29.1 Å². The summed E-state index contributed by atoms with van der Waals surface area (Å²) in [5, 5.41) is 17.0. The second-order valence-electron chi connectivity index (χ2n) is 9.40. The lowest BCUT2D eigenvalue weighted by molar-refractivity contribution is -0.143. The average Bonchev–Trinajstić information content (AvgIpc) is 3.34. The standard InChI is InChI=1S/C23H43N9O6/c1-13(25)18(33)30-15(8-5-11-28-23(26)27)21(36)32-12-6-9-17(32)20(35)29-14(2)19(34)31-16(22(37)38)7-3-4-10-24/h13-17H,3-12,24-25H2,1-2H3,(H,29,35)(H,30,33)(H,31,34)(H,37,38)(H4,26,27,28)/t13-,14+,15+,16-,17+/m0/s1. The lowest BCUT2D eigenvalue weighted by Gasteiger charge is -2.30. The van der Waals surface area contributed by atoms with Crippen molar-refractivity contribution in [3.63, 3.8) is 0 Å². The number of unbranched alkanes of at least 4 members (excludes halogenated alkanes) is 1. The van der Waals surface area contributed by atoms with Gasteiger partial charge >= 0.3 is 5.97 Å². The van der Waals surface area contributed by atoms with Crippen LogP contribution in [0, 0.1) is 0 Å². The van der Waals surface area contributed by atoms with Crippen molar-refractivity contribution in [2.24, 2.45) is 27.9 Å². The Morgan fingerprint density at radius 3 is 2.18 bits per heavy atom. The number of nitrogens with zero attached hydrogens (tertiary/aromatic N) is 2. The highest BCUT2D eigenvalue weighted by molar-refractivity contribution is 5.95. The predicted octanol–water partition coefficient (Wildman–Crippen LogP) is -2.93. The van der Waals surface area contributed by atoms with E-state index in [4.69, 9.17) is 22.9 Å². The fourth-order valence-corrected chi connectivity index (χ4v) is 3.99. The molecule has 1 aliphatic heterocycles. The number of nitrogens with two attached hydrogens (primary N) is 4. The highest BCUT2D eigenvalue weighted by Crippen LogP contribution is 2.20. The van der Waals surface area contributed by atoms with Gasteiger partial charge in [0.05, 0.1) is 6.04 Å². The quantitative estimate of drug-likeness (QED) is 0.0560. The molecule has 15 nitrogen and oxygen atoms in total. The van der Waals surface area contributed by atoms with Crippen molar-refractivity contribution in [3.8, 4) is 0 Å². The third-order valence-electron chi connectivity index (χ3n) is 6.13. The Bertz CT molecular complexity index is 862. The summed E-state index contributed by atoms with van der Waals surface area (Å²) in [4.78, 5) is 67.9. The van der Waals surface area contributed by atoms with Crippen LogP contribution < -0.4 is 38.9 Å². The third kappa shape index (κ3) is 10.9. The van der Waals surface area contributed by atoms with Crippen molar-refractivity contribution >= 4 is 35.6 Å². The van der Waals surface area contributed by atoms with E-state index >= 15 is 0 Å². The van der Waals surface area contributed by atoms with Crippen molar-refractivity contribution in [3.05, 3.63) is 0 Å². The normalized spacial score (nSPS) is 18.0. The lowest BCUT2D eigenvalue weighted by atomic mass is 10.1. The zero-order chi connectivity index (χ0) is 28.8. The molecule has 1 aliphatic rings. The van der Waals surface area contributed by atoms with Gasteiger partial charge < -0.3 is 48.9 Å². The van der Waals surface area contributed by atoms with Gasteiger partial charge in [0, 0.05) is 13.1 Å². The molecule has 4 amide bonds. The van der Waals surface area contributed by atoms with E-state index in [1.807, 2.05) is 0 Å². The van der Waals surface area contributed by atoms with Crippen LogP contribution in [0.15, 0.2) is 4.99 Å². The maximum Gasteiger partial charge on any atom is 0.326 e. The molecule has 0 aromatic rings. The second-order valence-corrected chi connectivity index (χ2v) is 9.40. The molecule has 15 heteroatoms. The Hall–Kier alpha value is -3.46. The Kier molecular flexibility index (Phi) is 14.1. The number of aliphatic carboxylic acids is 1. The number of aliphatic imine (C=N–C) groups is 1. The molecule has 0 unspecified atom stereocenters. The Labute approximate surface area is 222 Å². The fraction of sp³-hybridized carbons (Fsp3) is 0.739. The van der Waals surface area contributed by atoms with Gasteiger partial charge in [-0.2, -0.15) is 0 Å². The molecule has 1 saturated heterocycles. The smallest absolute Gasteiger partial charge is 0.326 e. The highest BCUT2D eigenvalue weighted by Gasteiger charge is 2.38. The predicted molar refractivity (Wildman–Crippen MR) is 140 cm³/mol. The first-order valence-corrected chi connectivity index (χ1v) is 12.8. The summed E-state index contributed by atoms with van der Waals surface area (Å²) in [5.41, 5.74) is 21.7. The Morgan fingerprint density at radius 2 is 1.61 bits per heavy atom. The number of guanidine groups is 1. The summed E-state index contributed by atoms with van der Waals surface area (Å²) in [6.45, 7) is 3.87. The summed E-state index contributed by atoms with van der Waals surface area (Å²) in [7, 11) is 0. The van der Waals surface area contributed by atoms with Crippen LogP contribution >= 0.6 is 0 Å². The molecule has 1 fully saturated rings. The molecule has 0 aromatic carbocycles. The largest absolute Gasteiger partial charge is 0.480 e. The van der Waals surface area contributed by atoms with E-state index in [0.717, 1.165) is 0 Å². The minimum absolute atomic E-state index is 0.0906. The maximum atomic E-state index is 13.4. The number of nitrogens with one attached hydrogen (secondary N) is 3. The summed E-state index contributed by atoms with van der Waals surface area (Å²) < 4.78 is 0. The van der Waals surface area contributed by atoms with Gasteiger partial charge in [-0.25, -0.2) is 4.79 Å². The number of hydrogen-bond acceptors (Lipinski definition) is 8. The van der Waals surface area contributed by atoms with Crippen molar-refractivity contribution in [2.45, 2.75) is 89.0 Å². The first-order valence-electron chi connectivity index (χ1n) is 12.8. The number of amides is 4. The molecule has 1 heterocycles. The molecule has 216 valence electrons. The molecule has 0 bridgehead atoms. The Morgan fingerprint density at radius 1 is 0.974 bits per heavy atom. The zero-order valence-corrected chi connectivity index (χ0v) is 22.2. The summed E-state index contributed by atoms with van der Waals surface area (Å²) in [6, 6.07) is -4.78. The van der Waals surface area contributed by atoms with Gasteiger partial charge in [-0.15, -0.1) is 0 Å². The number of rotatable bonds is 16. The van der Waals surface area contributed by atoms with E-state index in [9.17, 15) is 29.1 Å². The lowest BCUT2D eigenvalue weighted by Crippen LogP contribution is -2.57. The van der Waals surface area contributed by atoms with Crippen LogP contribution in [-0.4, -0.2) is 95.4 Å². The van der Waals surface area contributed by atoms with E-state index < -0.39 is 59.8 Å². The van der Waals surface area contributed by atoms with Gasteiger partial charge in [0.25, 0.3) is 0 Å². The SMILES string of the molecule is C[C@H](N)C(=O)N[C@H](CCCN=C(N)N)C(=O)N1CCC[C@@H]1C(=O)N[C@H](C)C(=O)N[C@@H](CCCCN)C(=O)O. The number of carbonyl (C=O) groups excluding carboxylic acids is 4. The van der Waals surface area contributed by atoms with Crippen LogP contribution in [0.2, 0.25) is 0 Å². The van der Waals surface area contributed by atoms with Crippen LogP contribution in [0.4, 0.5) is 0 Å². The fourth-order valence-electron chi connectivity index (χ4n) is 3.99. The summed E-state index contributed by atoms with van der Waals surface area (Å²) in [6.07, 6.45) is 2.89. The van der Waals surface area contributed by atoms with Gasteiger partial charge in [0.2, 0.25) is 23.6 Å². The molecule has 0 saturated carbocycles. The number of likely N-dealkylation sites (tertiary alicyclic amines) is 1. The first-order chi connectivity index (χ1) is 17.9. The molecule has 38 heavy (non-hydrogen) atoms. The average molecular weight is 542 g/mol. The topological polar surface area (TPSA) is 261 Å². The van der Waals surface area contributed by atoms with Crippen molar-refractivity contribution in [2.75, 3.05) is 19.6 Å². The van der Waals surface area contributed by atoms with E-state index in [-0.39, 0.29) is 31.9 Å². The van der Waals surface area contributed by atoms with E-state index in [1.165, 1.54) is 18.7 Å². The third-order valence-corrected chi connectivity index (χ3v) is 6.13. The van der Waals surface area contributed by atoms with Gasteiger partial charge in [0.15, 0.2) is 5.96 Å². The minimum atomic E-state index is -1.18. The molecular formula is C23H43N9O6. The van der Waals surface area contributed by atoms with E-state index in [0.29, 0.717) is 38.6 Å². The van der Waals surface area contributed by atoms with E-state index in [1.54, 1.807) is 0 Å². The monoisotopic (exact) mass is 541 g/mol. The minimum Gasteiger partial charge on any atom is -0.480 e. The van der Waals surface area contributed by atoms with Gasteiger partial charge in [-0.3, -0.25) is 24.2 Å². The van der Waals surface area contributed by atoms with E-state index in [2.05, 4.69) is 20.9 Å². The molecular weight excluding hydrogens is 498 g/mol. The van der Waals surface area contributed by atoms with Crippen LogP contribution in [-0.2, 0) is 24.0 Å². The number of hydrogen-bond donors (Lipinski definition) is 8. The summed E-state index contributed by atoms with van der Waals surface area (Å²) in [5.74, 6) is -3.45. The van der Waals surface area contributed by atoms with Crippen molar-refractivity contribution in [1.29, 1.82) is 0 Å². The maximum absolute atomic E-state index is 13.4. The highest BCUT2D eigenvalue weighted by atomic mass is 16.4. The zero-order valence-electron chi connectivity index (χ0n) is 22.2. The van der Waals surface area contributed by atoms with Crippen LogP contribution in [0.3, 0.4) is 0 Å². The molecule has 5 atom stereocenters. The second kappa shape index (κ2) is 16.4.